The number of methoxy groups -OCH3 is 1. The van der Waals surface area contributed by atoms with Crippen molar-refractivity contribution >= 4 is 15.9 Å². The molecule has 1 unspecified atom stereocenters. The maximum Gasteiger partial charge on any atom is 0.252 e. The average molecular weight is 483 g/mol. The number of amides is 1. The highest BCUT2D eigenvalue weighted by molar-refractivity contribution is 7.89. The molecule has 8 nitrogen and oxygen atoms in total. The van der Waals surface area contributed by atoms with Gasteiger partial charge in [-0.2, -0.15) is 4.31 Å². The SMILES string of the molecule is COc1ccc(C(NC(=O)c2cccc(S(=O)(=O)N3CCCCCC3)c2)c2nccn2C)cc1. The van der Waals surface area contributed by atoms with Gasteiger partial charge in [-0.3, -0.25) is 4.79 Å². The molecule has 0 spiro atoms. The van der Waals surface area contributed by atoms with Crippen molar-refractivity contribution in [2.75, 3.05) is 20.2 Å². The summed E-state index contributed by atoms with van der Waals surface area (Å²) < 4.78 is 35.1. The molecule has 4 rings (SSSR count). The second kappa shape index (κ2) is 10.4. The number of aryl methyl sites for hydroxylation is 1. The Bertz CT molecular complexity index is 1230. The summed E-state index contributed by atoms with van der Waals surface area (Å²) in [6.07, 6.45) is 7.26. The second-order valence-corrected chi connectivity index (χ2v) is 10.4. The van der Waals surface area contributed by atoms with Crippen molar-refractivity contribution in [3.8, 4) is 5.75 Å². The fraction of sp³-hybridized carbons (Fsp3) is 0.360. The Hall–Kier alpha value is -3.17. The average Bonchev–Trinajstić information content (AvgIpc) is 3.09. The van der Waals surface area contributed by atoms with Gasteiger partial charge < -0.3 is 14.6 Å². The van der Waals surface area contributed by atoms with Gasteiger partial charge >= 0.3 is 0 Å². The molecule has 1 amide bonds. The molecule has 180 valence electrons. The van der Waals surface area contributed by atoms with Crippen LogP contribution in [0.2, 0.25) is 0 Å². The van der Waals surface area contributed by atoms with E-state index in [-0.39, 0.29) is 16.4 Å². The molecule has 1 aliphatic heterocycles. The van der Waals surface area contributed by atoms with Crippen molar-refractivity contribution in [2.24, 2.45) is 7.05 Å². The van der Waals surface area contributed by atoms with Crippen LogP contribution in [0.4, 0.5) is 0 Å². The summed E-state index contributed by atoms with van der Waals surface area (Å²) in [5.74, 6) is 0.990. The summed E-state index contributed by atoms with van der Waals surface area (Å²) in [6, 6.07) is 13.1. The number of nitrogens with one attached hydrogen (secondary N) is 1. The first kappa shape index (κ1) is 24.0. The number of benzene rings is 2. The second-order valence-electron chi connectivity index (χ2n) is 8.42. The summed E-state index contributed by atoms with van der Waals surface area (Å²) in [5, 5.41) is 3.03. The van der Waals surface area contributed by atoms with Gasteiger partial charge in [-0.05, 0) is 48.7 Å². The van der Waals surface area contributed by atoms with Crippen LogP contribution in [0.15, 0.2) is 65.8 Å². The van der Waals surface area contributed by atoms with Crippen LogP contribution >= 0.6 is 0 Å². The minimum atomic E-state index is -3.66. The lowest BCUT2D eigenvalue weighted by Crippen LogP contribution is -2.33. The number of rotatable bonds is 7. The lowest BCUT2D eigenvalue weighted by Gasteiger charge is -2.21. The van der Waals surface area contributed by atoms with Crippen molar-refractivity contribution in [1.82, 2.24) is 19.2 Å². The van der Waals surface area contributed by atoms with E-state index in [1.54, 1.807) is 31.5 Å². The fourth-order valence-corrected chi connectivity index (χ4v) is 5.76. The van der Waals surface area contributed by atoms with E-state index < -0.39 is 16.1 Å². The van der Waals surface area contributed by atoms with E-state index in [0.717, 1.165) is 31.2 Å². The Kier molecular flexibility index (Phi) is 7.33. The van der Waals surface area contributed by atoms with E-state index in [4.69, 9.17) is 4.74 Å². The highest BCUT2D eigenvalue weighted by Gasteiger charge is 2.27. The van der Waals surface area contributed by atoms with Gasteiger partial charge in [-0.15, -0.1) is 0 Å². The summed E-state index contributed by atoms with van der Waals surface area (Å²) in [7, 11) is -0.199. The van der Waals surface area contributed by atoms with Gasteiger partial charge in [0, 0.05) is 38.1 Å². The molecular formula is C25H30N4O4S. The summed E-state index contributed by atoms with van der Waals surface area (Å²) in [5.41, 5.74) is 1.11. The molecule has 1 aliphatic rings. The smallest absolute Gasteiger partial charge is 0.252 e. The quantitative estimate of drug-likeness (QED) is 0.556. The third-order valence-corrected chi connectivity index (χ3v) is 8.03. The van der Waals surface area contributed by atoms with Crippen LogP contribution in [0.1, 0.15) is 53.5 Å². The first-order chi connectivity index (χ1) is 16.4. The van der Waals surface area contributed by atoms with E-state index in [2.05, 4.69) is 10.3 Å². The summed E-state index contributed by atoms with van der Waals surface area (Å²) in [6.45, 7) is 1.02. The van der Waals surface area contributed by atoms with Gasteiger partial charge in [0.25, 0.3) is 5.91 Å². The lowest BCUT2D eigenvalue weighted by atomic mass is 10.0. The van der Waals surface area contributed by atoms with Gasteiger partial charge in [-0.1, -0.05) is 31.0 Å². The number of aromatic nitrogens is 2. The Morgan fingerprint density at radius 3 is 2.38 bits per heavy atom. The summed E-state index contributed by atoms with van der Waals surface area (Å²) in [4.78, 5) is 17.8. The molecule has 2 heterocycles. The molecular weight excluding hydrogens is 452 g/mol. The molecule has 0 bridgehead atoms. The van der Waals surface area contributed by atoms with Crippen LogP contribution in [-0.2, 0) is 17.1 Å². The van der Waals surface area contributed by atoms with Crippen LogP contribution in [0.25, 0.3) is 0 Å². The Morgan fingerprint density at radius 2 is 1.76 bits per heavy atom. The zero-order valence-electron chi connectivity index (χ0n) is 19.5. The molecule has 9 heteroatoms. The molecule has 1 fully saturated rings. The number of ether oxygens (including phenoxy) is 1. The standard InChI is InChI=1S/C25H30N4O4S/c1-28-17-14-26-24(28)23(19-10-12-21(33-2)13-11-19)27-25(30)20-8-7-9-22(18-20)34(31,32)29-15-5-3-4-6-16-29/h7-14,17-18,23H,3-6,15-16H2,1-2H3,(H,27,30). The zero-order valence-corrected chi connectivity index (χ0v) is 20.3. The predicted octanol–water partition coefficient (Wildman–Crippen LogP) is 3.51. The minimum absolute atomic E-state index is 0.139. The third kappa shape index (κ3) is 5.15. The van der Waals surface area contributed by atoms with Gasteiger partial charge in [-0.25, -0.2) is 13.4 Å². The van der Waals surface area contributed by atoms with Crippen LogP contribution in [0, 0.1) is 0 Å². The molecule has 34 heavy (non-hydrogen) atoms. The van der Waals surface area contributed by atoms with Crippen LogP contribution < -0.4 is 10.1 Å². The Labute approximate surface area is 200 Å². The van der Waals surface area contributed by atoms with Gasteiger partial charge in [0.05, 0.1) is 12.0 Å². The Balaban J connectivity index is 1.61. The molecule has 1 N–H and O–H groups in total. The number of hydrogen-bond acceptors (Lipinski definition) is 5. The first-order valence-corrected chi connectivity index (χ1v) is 12.9. The van der Waals surface area contributed by atoms with Crippen molar-refractivity contribution in [3.05, 3.63) is 77.9 Å². The first-order valence-electron chi connectivity index (χ1n) is 11.4. The summed E-state index contributed by atoms with van der Waals surface area (Å²) >= 11 is 0. The molecule has 1 saturated heterocycles. The largest absolute Gasteiger partial charge is 0.497 e. The van der Waals surface area contributed by atoms with Gasteiger partial charge in [0.1, 0.15) is 17.6 Å². The maximum absolute atomic E-state index is 13.3. The van der Waals surface area contributed by atoms with E-state index >= 15 is 0 Å². The van der Waals surface area contributed by atoms with Crippen LogP contribution in [0.5, 0.6) is 5.75 Å². The molecule has 1 atom stereocenters. The number of imidazole rings is 1. The number of hydrogen-bond donors (Lipinski definition) is 1. The van der Waals surface area contributed by atoms with Gasteiger partial charge in [0.15, 0.2) is 0 Å². The van der Waals surface area contributed by atoms with Crippen molar-refractivity contribution in [3.63, 3.8) is 0 Å². The van der Waals surface area contributed by atoms with Crippen LogP contribution in [-0.4, -0.2) is 48.4 Å². The number of carbonyl (C=O) groups excluding carboxylic acids is 1. The highest BCUT2D eigenvalue weighted by atomic mass is 32.2. The molecule has 0 radical (unpaired) electrons. The third-order valence-electron chi connectivity index (χ3n) is 6.14. The van der Waals surface area contributed by atoms with E-state index in [1.165, 1.54) is 10.4 Å². The topological polar surface area (TPSA) is 93.5 Å². The molecule has 2 aromatic carbocycles. The fourth-order valence-electron chi connectivity index (χ4n) is 4.19. The molecule has 0 saturated carbocycles. The van der Waals surface area contributed by atoms with Crippen molar-refractivity contribution in [1.29, 1.82) is 0 Å². The van der Waals surface area contributed by atoms with Crippen molar-refractivity contribution < 1.29 is 17.9 Å². The predicted molar refractivity (Wildman–Crippen MR) is 129 cm³/mol. The van der Waals surface area contributed by atoms with E-state index in [1.807, 2.05) is 42.1 Å². The van der Waals surface area contributed by atoms with Crippen LogP contribution in [0.3, 0.4) is 0 Å². The molecule has 0 aliphatic carbocycles. The lowest BCUT2D eigenvalue weighted by molar-refractivity contribution is 0.0941. The zero-order chi connectivity index (χ0) is 24.1. The normalized spacial score (nSPS) is 15.9. The number of sulfonamides is 1. The van der Waals surface area contributed by atoms with E-state index in [9.17, 15) is 13.2 Å². The number of nitrogens with zero attached hydrogens (tertiary/aromatic N) is 3. The van der Waals surface area contributed by atoms with Gasteiger partial charge in [0.2, 0.25) is 10.0 Å². The number of carbonyl (C=O) groups is 1. The molecule has 1 aromatic heterocycles. The minimum Gasteiger partial charge on any atom is -0.497 e. The van der Waals surface area contributed by atoms with Crippen molar-refractivity contribution in [2.45, 2.75) is 36.6 Å². The maximum atomic E-state index is 13.3. The van der Waals surface area contributed by atoms with E-state index in [0.29, 0.717) is 24.7 Å². The monoisotopic (exact) mass is 482 g/mol. The molecule has 3 aromatic rings. The highest BCUT2D eigenvalue weighted by Crippen LogP contribution is 2.25. The Morgan fingerprint density at radius 1 is 1.06 bits per heavy atom.